The second-order valence-electron chi connectivity index (χ2n) is 4.75. The van der Waals surface area contributed by atoms with E-state index in [1.165, 1.54) is 30.3 Å². The van der Waals surface area contributed by atoms with E-state index < -0.39 is 5.97 Å². The third-order valence-electron chi connectivity index (χ3n) is 3.33. The first kappa shape index (κ1) is 17.4. The lowest BCUT2D eigenvalue weighted by molar-refractivity contribution is 0.0591. The number of allylic oxidation sites excluding steroid dienone is 2. The van der Waals surface area contributed by atoms with Crippen LogP contribution in [0.25, 0.3) is 6.20 Å². The number of anilines is 1. The molecule has 0 aliphatic carbocycles. The number of nitrogens with zero attached hydrogens (tertiary/aromatic N) is 6. The van der Waals surface area contributed by atoms with Crippen molar-refractivity contribution in [2.75, 3.05) is 19.1 Å². The van der Waals surface area contributed by atoms with E-state index in [0.29, 0.717) is 5.70 Å². The summed E-state index contributed by atoms with van der Waals surface area (Å²) in [6.45, 7) is 0. The molecule has 0 bridgehead atoms. The van der Waals surface area contributed by atoms with E-state index in [9.17, 15) is 15.3 Å². The van der Waals surface area contributed by atoms with Crippen LogP contribution >= 0.6 is 0 Å². The quantitative estimate of drug-likeness (QED) is 0.467. The number of aromatic nitrogens is 3. The molecule has 0 atom stereocenters. The van der Waals surface area contributed by atoms with Crippen molar-refractivity contribution in [3.63, 3.8) is 0 Å². The number of hydrogen-bond donors (Lipinski definition) is 0. The Kier molecular flexibility index (Phi) is 5.64. The topological polar surface area (TPSA) is 108 Å². The van der Waals surface area contributed by atoms with E-state index >= 15 is 0 Å². The standard InChI is InChI=1S/C17H14N6O2/c1-22(14-6-4-3-5-7-14)15(13(10-18)11-19)8-9-23-16(12-20-21-23)17(24)25-2/h3-9,12H,1-2H3/b9-8+. The number of para-hydroxylation sites is 1. The summed E-state index contributed by atoms with van der Waals surface area (Å²) < 4.78 is 5.85. The number of carbonyl (C=O) groups is 1. The van der Waals surface area contributed by atoms with Gasteiger partial charge in [0.1, 0.15) is 12.1 Å². The molecular formula is C17H14N6O2. The van der Waals surface area contributed by atoms with Gasteiger partial charge in [0, 0.05) is 18.9 Å². The molecule has 0 saturated heterocycles. The minimum atomic E-state index is -0.600. The number of likely N-dealkylation sites (N-methyl/N-ethyl adjacent to an activating group) is 1. The number of hydrogen-bond acceptors (Lipinski definition) is 7. The van der Waals surface area contributed by atoms with Gasteiger partial charge in [-0.3, -0.25) is 0 Å². The molecule has 0 aliphatic rings. The van der Waals surface area contributed by atoms with Gasteiger partial charge in [0.15, 0.2) is 11.3 Å². The van der Waals surface area contributed by atoms with Gasteiger partial charge >= 0.3 is 5.97 Å². The van der Waals surface area contributed by atoms with Gasteiger partial charge in [-0.15, -0.1) is 5.10 Å². The molecule has 0 N–H and O–H groups in total. The number of esters is 1. The minimum Gasteiger partial charge on any atom is -0.464 e. The molecular weight excluding hydrogens is 320 g/mol. The van der Waals surface area contributed by atoms with Crippen LogP contribution in [0.5, 0.6) is 0 Å². The molecule has 25 heavy (non-hydrogen) atoms. The van der Waals surface area contributed by atoms with Crippen LogP contribution in [0.15, 0.2) is 53.9 Å². The lowest BCUT2D eigenvalue weighted by Crippen LogP contribution is -2.17. The fourth-order valence-corrected chi connectivity index (χ4v) is 2.04. The molecule has 0 amide bonds. The van der Waals surface area contributed by atoms with Crippen LogP contribution in [0.4, 0.5) is 5.69 Å². The van der Waals surface area contributed by atoms with Gasteiger partial charge in [0.25, 0.3) is 0 Å². The van der Waals surface area contributed by atoms with Crippen LogP contribution < -0.4 is 4.90 Å². The largest absolute Gasteiger partial charge is 0.464 e. The molecule has 2 rings (SSSR count). The summed E-state index contributed by atoms with van der Waals surface area (Å²) in [5.41, 5.74) is 1.18. The third kappa shape index (κ3) is 3.89. The van der Waals surface area contributed by atoms with Crippen molar-refractivity contribution in [1.82, 2.24) is 15.0 Å². The van der Waals surface area contributed by atoms with E-state index in [4.69, 9.17) is 0 Å². The number of methoxy groups -OCH3 is 1. The highest BCUT2D eigenvalue weighted by Crippen LogP contribution is 2.20. The molecule has 1 aromatic heterocycles. The molecule has 8 nitrogen and oxygen atoms in total. The zero-order valence-corrected chi connectivity index (χ0v) is 13.6. The smallest absolute Gasteiger partial charge is 0.358 e. The van der Waals surface area contributed by atoms with Crippen molar-refractivity contribution in [3.05, 3.63) is 59.6 Å². The highest BCUT2D eigenvalue weighted by atomic mass is 16.5. The van der Waals surface area contributed by atoms with Gasteiger partial charge < -0.3 is 9.64 Å². The van der Waals surface area contributed by atoms with Gasteiger partial charge in [-0.1, -0.05) is 23.4 Å². The average Bonchev–Trinajstić information content (AvgIpc) is 3.13. The van der Waals surface area contributed by atoms with Crippen molar-refractivity contribution < 1.29 is 9.53 Å². The maximum absolute atomic E-state index is 11.7. The van der Waals surface area contributed by atoms with Crippen LogP contribution in [0, 0.1) is 22.7 Å². The van der Waals surface area contributed by atoms with E-state index in [0.717, 1.165) is 5.69 Å². The van der Waals surface area contributed by atoms with E-state index in [2.05, 4.69) is 15.0 Å². The number of rotatable bonds is 5. The lowest BCUT2D eigenvalue weighted by Gasteiger charge is -2.20. The van der Waals surface area contributed by atoms with Gasteiger partial charge in [0.2, 0.25) is 0 Å². The first-order chi connectivity index (χ1) is 12.1. The van der Waals surface area contributed by atoms with Crippen molar-refractivity contribution in [1.29, 1.82) is 10.5 Å². The fraction of sp³-hybridized carbons (Fsp3) is 0.118. The maximum Gasteiger partial charge on any atom is 0.358 e. The van der Waals surface area contributed by atoms with Crippen LogP contribution in [0.3, 0.4) is 0 Å². The molecule has 8 heteroatoms. The Balaban J connectivity index is 2.45. The number of ether oxygens (including phenoxy) is 1. The molecule has 124 valence electrons. The van der Waals surface area contributed by atoms with Gasteiger partial charge in [-0.05, 0) is 18.2 Å². The summed E-state index contributed by atoms with van der Waals surface area (Å²) in [7, 11) is 2.98. The Morgan fingerprint density at radius 3 is 2.56 bits per heavy atom. The van der Waals surface area contributed by atoms with Crippen molar-refractivity contribution >= 4 is 17.9 Å². The molecule has 1 heterocycles. The van der Waals surface area contributed by atoms with Crippen molar-refractivity contribution in [2.24, 2.45) is 0 Å². The second kappa shape index (κ2) is 8.09. The van der Waals surface area contributed by atoms with Crippen molar-refractivity contribution in [2.45, 2.75) is 0 Å². The fourth-order valence-electron chi connectivity index (χ4n) is 2.04. The van der Waals surface area contributed by atoms with Crippen LogP contribution in [0.1, 0.15) is 10.5 Å². The summed E-state index contributed by atoms with van der Waals surface area (Å²) in [4.78, 5) is 13.3. The summed E-state index contributed by atoms with van der Waals surface area (Å²) in [6.07, 6.45) is 4.20. The van der Waals surface area contributed by atoms with Crippen LogP contribution in [0.2, 0.25) is 0 Å². The predicted molar refractivity (Wildman–Crippen MR) is 89.8 cm³/mol. The van der Waals surface area contributed by atoms with Gasteiger partial charge in [-0.25, -0.2) is 9.48 Å². The third-order valence-corrected chi connectivity index (χ3v) is 3.33. The average molecular weight is 334 g/mol. The maximum atomic E-state index is 11.7. The Morgan fingerprint density at radius 1 is 1.28 bits per heavy atom. The molecule has 0 fully saturated rings. The normalized spacial score (nSPS) is 9.92. The predicted octanol–water partition coefficient (Wildman–Crippen LogP) is 1.97. The van der Waals surface area contributed by atoms with Crippen LogP contribution in [-0.4, -0.2) is 35.1 Å². The molecule has 0 aliphatic heterocycles. The highest BCUT2D eigenvalue weighted by molar-refractivity contribution is 5.87. The van der Waals surface area contributed by atoms with Gasteiger partial charge in [-0.2, -0.15) is 10.5 Å². The lowest BCUT2D eigenvalue weighted by atomic mass is 10.2. The molecule has 2 aromatic rings. The van der Waals surface area contributed by atoms with Crippen LogP contribution in [-0.2, 0) is 4.74 Å². The van der Waals surface area contributed by atoms with Gasteiger partial charge in [0.05, 0.1) is 19.0 Å². The molecule has 0 unspecified atom stereocenters. The van der Waals surface area contributed by atoms with E-state index in [-0.39, 0.29) is 11.3 Å². The summed E-state index contributed by atoms with van der Waals surface area (Å²) in [6, 6.07) is 13.0. The summed E-state index contributed by atoms with van der Waals surface area (Å²) in [5.74, 6) is -0.600. The Morgan fingerprint density at radius 2 is 1.96 bits per heavy atom. The zero-order chi connectivity index (χ0) is 18.2. The van der Waals surface area contributed by atoms with E-state index in [1.54, 1.807) is 11.9 Å². The first-order valence-corrected chi connectivity index (χ1v) is 7.12. The SMILES string of the molecule is COC(=O)c1cnnn1/C=C/C(=C(C#N)C#N)N(C)c1ccccc1. The number of carbonyl (C=O) groups excluding carboxylic acids is 1. The second-order valence-corrected chi connectivity index (χ2v) is 4.75. The Bertz CT molecular complexity index is 883. The molecule has 0 saturated carbocycles. The summed E-state index contributed by atoms with van der Waals surface area (Å²) in [5, 5.41) is 25.9. The Hall–Kier alpha value is -3.91. The molecule has 0 spiro atoms. The summed E-state index contributed by atoms with van der Waals surface area (Å²) >= 11 is 0. The monoisotopic (exact) mass is 334 g/mol. The number of nitriles is 2. The molecule has 0 radical (unpaired) electrons. The molecule has 1 aromatic carbocycles. The Labute approximate surface area is 144 Å². The van der Waals surface area contributed by atoms with Crippen molar-refractivity contribution in [3.8, 4) is 12.1 Å². The first-order valence-electron chi connectivity index (χ1n) is 7.12. The van der Waals surface area contributed by atoms with E-state index in [1.807, 2.05) is 42.5 Å². The minimum absolute atomic E-state index is 0.0812. The number of benzene rings is 1. The zero-order valence-electron chi connectivity index (χ0n) is 13.6. The highest BCUT2D eigenvalue weighted by Gasteiger charge is 2.14.